The van der Waals surface area contributed by atoms with Gasteiger partial charge in [0, 0.05) is 38.8 Å². The van der Waals surface area contributed by atoms with Crippen LogP contribution in [0.4, 0.5) is 0 Å². The molecule has 0 aliphatic carbocycles. The quantitative estimate of drug-likeness (QED) is 0.451. The van der Waals surface area contributed by atoms with Gasteiger partial charge in [-0.1, -0.05) is 47.5 Å². The van der Waals surface area contributed by atoms with Gasteiger partial charge in [-0.3, -0.25) is 4.90 Å². The van der Waals surface area contributed by atoms with Gasteiger partial charge in [0.05, 0.1) is 14.9 Å². The maximum absolute atomic E-state index is 13.1. The summed E-state index contributed by atoms with van der Waals surface area (Å²) in [6, 6.07) is 21.0. The molecule has 1 unspecified atom stereocenters. The molecular formula is C25H27Cl2N3O3S. The van der Waals surface area contributed by atoms with Gasteiger partial charge in [0.15, 0.2) is 0 Å². The van der Waals surface area contributed by atoms with Crippen molar-refractivity contribution in [3.05, 3.63) is 88.4 Å². The van der Waals surface area contributed by atoms with E-state index in [9.17, 15) is 8.42 Å². The van der Waals surface area contributed by atoms with Crippen molar-refractivity contribution in [1.82, 2.24) is 14.5 Å². The highest BCUT2D eigenvalue weighted by atomic mass is 35.5. The molecule has 1 aliphatic rings. The van der Waals surface area contributed by atoms with Crippen LogP contribution in [-0.2, 0) is 10.0 Å². The third-order valence-corrected chi connectivity index (χ3v) is 8.07. The van der Waals surface area contributed by atoms with Gasteiger partial charge in [-0.05, 0) is 61.1 Å². The van der Waals surface area contributed by atoms with Gasteiger partial charge >= 0.3 is 0 Å². The lowest BCUT2D eigenvalue weighted by Crippen LogP contribution is -2.48. The molecule has 3 aromatic carbocycles. The zero-order valence-corrected chi connectivity index (χ0v) is 21.2. The highest BCUT2D eigenvalue weighted by Crippen LogP contribution is 2.29. The van der Waals surface area contributed by atoms with E-state index >= 15 is 0 Å². The molecule has 0 amide bonds. The van der Waals surface area contributed by atoms with Crippen molar-refractivity contribution >= 4 is 33.2 Å². The van der Waals surface area contributed by atoms with E-state index in [0.717, 1.165) is 31.7 Å². The van der Waals surface area contributed by atoms with Crippen LogP contribution in [0.5, 0.6) is 11.5 Å². The van der Waals surface area contributed by atoms with E-state index in [-0.39, 0.29) is 17.5 Å². The largest absolute Gasteiger partial charge is 0.457 e. The second-order valence-electron chi connectivity index (χ2n) is 8.27. The molecule has 6 nitrogen and oxygen atoms in total. The van der Waals surface area contributed by atoms with Crippen molar-refractivity contribution in [2.24, 2.45) is 0 Å². The van der Waals surface area contributed by atoms with Crippen LogP contribution in [0.25, 0.3) is 0 Å². The number of piperazine rings is 1. The first-order chi connectivity index (χ1) is 16.3. The van der Waals surface area contributed by atoms with Crippen LogP contribution >= 0.6 is 23.2 Å². The van der Waals surface area contributed by atoms with Crippen LogP contribution in [0.2, 0.25) is 10.0 Å². The van der Waals surface area contributed by atoms with Gasteiger partial charge in [0.1, 0.15) is 11.5 Å². The van der Waals surface area contributed by atoms with Crippen LogP contribution in [0.1, 0.15) is 11.6 Å². The molecule has 0 radical (unpaired) electrons. The van der Waals surface area contributed by atoms with Gasteiger partial charge in [0.2, 0.25) is 10.0 Å². The van der Waals surface area contributed by atoms with Crippen LogP contribution in [0, 0.1) is 0 Å². The number of rotatable bonds is 8. The highest BCUT2D eigenvalue weighted by Gasteiger charge is 2.26. The average Bonchev–Trinajstić information content (AvgIpc) is 2.83. The molecule has 1 aliphatic heterocycles. The van der Waals surface area contributed by atoms with Crippen molar-refractivity contribution in [2.75, 3.05) is 39.8 Å². The number of nitrogens with one attached hydrogen (secondary N) is 1. The third kappa shape index (κ3) is 6.30. The van der Waals surface area contributed by atoms with Gasteiger partial charge in [-0.15, -0.1) is 0 Å². The minimum atomic E-state index is -3.72. The Hall–Kier alpha value is -2.13. The first kappa shape index (κ1) is 25.0. The molecule has 1 fully saturated rings. The predicted molar refractivity (Wildman–Crippen MR) is 136 cm³/mol. The predicted octanol–water partition coefficient (Wildman–Crippen LogP) is 5.05. The molecule has 1 heterocycles. The molecule has 3 aromatic rings. The van der Waals surface area contributed by atoms with Crippen molar-refractivity contribution in [3.8, 4) is 11.5 Å². The zero-order valence-electron chi connectivity index (χ0n) is 18.8. The van der Waals surface area contributed by atoms with Gasteiger partial charge in [-0.25, -0.2) is 13.1 Å². The summed E-state index contributed by atoms with van der Waals surface area (Å²) in [6.45, 7) is 3.69. The second kappa shape index (κ2) is 11.1. The SMILES string of the molecule is CN1CCN(C(CNS(=O)(=O)c2ccc(Oc3ccccc3)cc2)c2ccc(Cl)c(Cl)c2)CC1. The number of ether oxygens (including phenoxy) is 1. The number of likely N-dealkylation sites (N-methyl/N-ethyl adjacent to an activating group) is 1. The molecule has 0 saturated carbocycles. The molecule has 0 bridgehead atoms. The second-order valence-corrected chi connectivity index (χ2v) is 10.8. The van der Waals surface area contributed by atoms with Crippen molar-refractivity contribution in [2.45, 2.75) is 10.9 Å². The highest BCUT2D eigenvalue weighted by molar-refractivity contribution is 7.89. The fourth-order valence-electron chi connectivity index (χ4n) is 3.89. The summed E-state index contributed by atoms with van der Waals surface area (Å²) in [7, 11) is -1.64. The Morgan fingerprint density at radius 1 is 0.882 bits per heavy atom. The first-order valence-corrected chi connectivity index (χ1v) is 13.3. The normalized spacial score (nSPS) is 16.3. The Labute approximate surface area is 211 Å². The molecule has 1 N–H and O–H groups in total. The maximum Gasteiger partial charge on any atom is 0.240 e. The number of halogens is 2. The van der Waals surface area contributed by atoms with E-state index in [0.29, 0.717) is 21.5 Å². The lowest BCUT2D eigenvalue weighted by atomic mass is 10.0. The number of hydrogen-bond acceptors (Lipinski definition) is 5. The van der Waals surface area contributed by atoms with Crippen molar-refractivity contribution in [3.63, 3.8) is 0 Å². The summed E-state index contributed by atoms with van der Waals surface area (Å²) in [5.41, 5.74) is 0.924. The van der Waals surface area contributed by atoms with E-state index in [1.54, 1.807) is 30.3 Å². The van der Waals surface area contributed by atoms with Crippen molar-refractivity contribution < 1.29 is 13.2 Å². The topological polar surface area (TPSA) is 61.9 Å². The van der Waals surface area contributed by atoms with Crippen LogP contribution in [0.15, 0.2) is 77.7 Å². The Balaban J connectivity index is 1.48. The fraction of sp³-hybridized carbons (Fsp3) is 0.280. The van der Waals surface area contributed by atoms with E-state index in [2.05, 4.69) is 21.6 Å². The third-order valence-electron chi connectivity index (χ3n) is 5.89. The standard InChI is InChI=1S/C25H27Cl2N3O3S/c1-29-13-15-30(16-14-29)25(19-7-12-23(26)24(27)17-19)18-28-34(31,32)22-10-8-21(9-11-22)33-20-5-3-2-4-6-20/h2-12,17,25,28H,13-16,18H2,1H3. The van der Waals surface area contributed by atoms with Gasteiger partial charge in [-0.2, -0.15) is 0 Å². The molecular weight excluding hydrogens is 493 g/mol. The lowest BCUT2D eigenvalue weighted by molar-refractivity contribution is 0.113. The summed E-state index contributed by atoms with van der Waals surface area (Å²) < 4.78 is 34.7. The van der Waals surface area contributed by atoms with E-state index in [1.165, 1.54) is 0 Å². The Kier molecular flexibility index (Phi) is 8.14. The number of hydrogen-bond donors (Lipinski definition) is 1. The van der Waals surface area contributed by atoms with Gasteiger partial charge < -0.3 is 9.64 Å². The smallest absolute Gasteiger partial charge is 0.240 e. The van der Waals surface area contributed by atoms with Crippen LogP contribution in [0.3, 0.4) is 0 Å². The number of sulfonamides is 1. The minimum absolute atomic E-state index is 0.168. The molecule has 1 atom stereocenters. The van der Waals surface area contributed by atoms with E-state index < -0.39 is 10.0 Å². The van der Waals surface area contributed by atoms with Crippen LogP contribution in [-0.4, -0.2) is 58.0 Å². The summed E-state index contributed by atoms with van der Waals surface area (Å²) >= 11 is 12.4. The van der Waals surface area contributed by atoms with E-state index in [1.807, 2.05) is 42.5 Å². The Morgan fingerprint density at radius 2 is 1.53 bits per heavy atom. The molecule has 9 heteroatoms. The fourth-order valence-corrected chi connectivity index (χ4v) is 5.24. The lowest BCUT2D eigenvalue weighted by Gasteiger charge is -2.38. The maximum atomic E-state index is 13.1. The summed E-state index contributed by atoms with van der Waals surface area (Å²) in [6.07, 6.45) is 0. The van der Waals surface area contributed by atoms with Gasteiger partial charge in [0.25, 0.3) is 0 Å². The average molecular weight is 520 g/mol. The molecule has 34 heavy (non-hydrogen) atoms. The van der Waals surface area contributed by atoms with Crippen LogP contribution < -0.4 is 9.46 Å². The molecule has 0 aromatic heterocycles. The summed E-state index contributed by atoms with van der Waals surface area (Å²) in [4.78, 5) is 4.71. The Bertz CT molecular complexity index is 1200. The zero-order chi connectivity index (χ0) is 24.1. The number of benzene rings is 3. The first-order valence-electron chi connectivity index (χ1n) is 11.0. The van der Waals surface area contributed by atoms with Crippen molar-refractivity contribution in [1.29, 1.82) is 0 Å². The number of nitrogens with zero attached hydrogens (tertiary/aromatic N) is 2. The number of para-hydroxylation sites is 1. The molecule has 0 spiro atoms. The van der Waals surface area contributed by atoms with E-state index in [4.69, 9.17) is 27.9 Å². The monoisotopic (exact) mass is 519 g/mol. The summed E-state index contributed by atoms with van der Waals surface area (Å²) in [5.74, 6) is 1.25. The minimum Gasteiger partial charge on any atom is -0.457 e. The molecule has 4 rings (SSSR count). The molecule has 180 valence electrons. The summed E-state index contributed by atoms with van der Waals surface area (Å²) in [5, 5.41) is 0.927. The molecule has 1 saturated heterocycles. The Morgan fingerprint density at radius 3 is 2.18 bits per heavy atom.